The van der Waals surface area contributed by atoms with Crippen molar-refractivity contribution in [3.63, 3.8) is 0 Å². The van der Waals surface area contributed by atoms with Crippen molar-refractivity contribution in [2.24, 2.45) is 0 Å². The first-order valence-corrected chi connectivity index (χ1v) is 10.3. The molecule has 8 nitrogen and oxygen atoms in total. The van der Waals surface area contributed by atoms with Gasteiger partial charge < -0.3 is 5.32 Å². The summed E-state index contributed by atoms with van der Waals surface area (Å²) in [6, 6.07) is 12.0. The molecule has 3 heterocycles. The normalized spacial score (nSPS) is 14.4. The van der Waals surface area contributed by atoms with Gasteiger partial charge in [0.2, 0.25) is 10.0 Å². The van der Waals surface area contributed by atoms with Crippen LogP contribution in [0.2, 0.25) is 0 Å². The van der Waals surface area contributed by atoms with Gasteiger partial charge in [0.05, 0.1) is 17.1 Å². The van der Waals surface area contributed by atoms with Gasteiger partial charge in [-0.2, -0.15) is 9.40 Å². The quantitative estimate of drug-likeness (QED) is 0.678. The highest BCUT2D eigenvalue weighted by atomic mass is 32.2. The number of benzene rings is 1. The van der Waals surface area contributed by atoms with E-state index in [0.29, 0.717) is 30.9 Å². The summed E-state index contributed by atoms with van der Waals surface area (Å²) in [6.45, 7) is 0.836. The monoisotopic (exact) mass is 397 g/mol. The number of fused-ring (bicyclic) bond motifs is 1. The number of hydrogen-bond donors (Lipinski definition) is 2. The number of sulfonamides is 1. The lowest BCUT2D eigenvalue weighted by Crippen LogP contribution is -2.36. The number of rotatable bonds is 5. The Morgan fingerprint density at radius 1 is 1.14 bits per heavy atom. The molecule has 0 aliphatic carbocycles. The molecule has 4 rings (SSSR count). The van der Waals surface area contributed by atoms with E-state index in [1.807, 2.05) is 12.1 Å². The van der Waals surface area contributed by atoms with Gasteiger partial charge in [-0.3, -0.25) is 14.9 Å². The number of carbonyl (C=O) groups is 1. The Kier molecular flexibility index (Phi) is 4.93. The summed E-state index contributed by atoms with van der Waals surface area (Å²) in [5.41, 5.74) is 2.68. The van der Waals surface area contributed by atoms with Crippen LogP contribution >= 0.6 is 0 Å². The highest BCUT2D eigenvalue weighted by molar-refractivity contribution is 7.89. The number of aromatic nitrogens is 3. The molecule has 0 atom stereocenters. The first kappa shape index (κ1) is 18.3. The molecule has 2 aromatic heterocycles. The zero-order chi connectivity index (χ0) is 19.6. The van der Waals surface area contributed by atoms with Gasteiger partial charge in [0.1, 0.15) is 0 Å². The second-order valence-electron chi connectivity index (χ2n) is 6.47. The van der Waals surface area contributed by atoms with Crippen LogP contribution in [0, 0.1) is 0 Å². The lowest BCUT2D eigenvalue weighted by Gasteiger charge is -2.26. The molecule has 1 amide bonds. The van der Waals surface area contributed by atoms with Crippen molar-refractivity contribution in [3.05, 3.63) is 77.4 Å². The molecule has 0 unspecified atom stereocenters. The maximum absolute atomic E-state index is 12.8. The molecule has 1 aliphatic heterocycles. The third-order valence-electron chi connectivity index (χ3n) is 4.70. The van der Waals surface area contributed by atoms with Crippen LogP contribution in [0.25, 0.3) is 0 Å². The van der Waals surface area contributed by atoms with Crippen molar-refractivity contribution < 1.29 is 13.2 Å². The van der Waals surface area contributed by atoms with E-state index in [9.17, 15) is 13.2 Å². The standard InChI is InChI=1S/C19H19N5O3S/c25-19(21-12-14-6-9-20-10-7-14)18-16-8-11-24(13-17(16)22-23-18)28(26,27)15-4-2-1-3-5-15/h1-7,9-10H,8,11-13H2,(H,21,25)(H,22,23). The second kappa shape index (κ2) is 7.53. The van der Waals surface area contributed by atoms with Crippen LogP contribution in [0.15, 0.2) is 59.8 Å². The van der Waals surface area contributed by atoms with E-state index in [4.69, 9.17) is 0 Å². The summed E-state index contributed by atoms with van der Waals surface area (Å²) < 4.78 is 27.0. The molecule has 0 spiro atoms. The fraction of sp³-hybridized carbons (Fsp3) is 0.211. The van der Waals surface area contributed by atoms with Crippen LogP contribution in [0.4, 0.5) is 0 Å². The molecule has 1 aromatic carbocycles. The Bertz CT molecular complexity index is 1080. The van der Waals surface area contributed by atoms with Crippen molar-refractivity contribution in [2.45, 2.75) is 24.4 Å². The Hall–Kier alpha value is -3.04. The van der Waals surface area contributed by atoms with Crippen molar-refractivity contribution >= 4 is 15.9 Å². The molecule has 9 heteroatoms. The lowest BCUT2D eigenvalue weighted by atomic mass is 10.1. The third kappa shape index (κ3) is 3.54. The van der Waals surface area contributed by atoms with E-state index in [2.05, 4.69) is 20.5 Å². The van der Waals surface area contributed by atoms with Crippen LogP contribution in [0.1, 0.15) is 27.3 Å². The SMILES string of the molecule is O=C(NCc1ccncc1)c1n[nH]c2c1CCN(S(=O)(=O)c1ccccc1)C2. The van der Waals surface area contributed by atoms with Crippen LogP contribution in [-0.2, 0) is 29.5 Å². The molecule has 28 heavy (non-hydrogen) atoms. The van der Waals surface area contributed by atoms with Gasteiger partial charge in [-0.25, -0.2) is 8.42 Å². The first-order valence-electron chi connectivity index (χ1n) is 8.84. The zero-order valence-electron chi connectivity index (χ0n) is 15.0. The van der Waals surface area contributed by atoms with Gasteiger partial charge in [-0.15, -0.1) is 0 Å². The molecule has 2 N–H and O–H groups in total. The summed E-state index contributed by atoms with van der Waals surface area (Å²) in [5, 5.41) is 9.80. The van der Waals surface area contributed by atoms with E-state index in [1.54, 1.807) is 42.7 Å². The smallest absolute Gasteiger partial charge is 0.272 e. The van der Waals surface area contributed by atoms with E-state index in [1.165, 1.54) is 4.31 Å². The lowest BCUT2D eigenvalue weighted by molar-refractivity contribution is 0.0944. The predicted molar refractivity (Wildman–Crippen MR) is 102 cm³/mol. The second-order valence-corrected chi connectivity index (χ2v) is 8.41. The Morgan fingerprint density at radius 3 is 2.64 bits per heavy atom. The summed E-state index contributed by atoms with van der Waals surface area (Å²) in [6.07, 6.45) is 3.76. The largest absolute Gasteiger partial charge is 0.347 e. The maximum atomic E-state index is 12.8. The van der Waals surface area contributed by atoms with E-state index >= 15 is 0 Å². The van der Waals surface area contributed by atoms with E-state index < -0.39 is 10.0 Å². The molecule has 0 radical (unpaired) electrons. The number of amides is 1. The molecule has 0 saturated heterocycles. The Labute approximate surface area is 162 Å². The number of aromatic amines is 1. The van der Waals surface area contributed by atoms with Gasteiger partial charge in [0, 0.05) is 31.0 Å². The molecule has 1 aliphatic rings. The van der Waals surface area contributed by atoms with Gasteiger partial charge in [-0.1, -0.05) is 18.2 Å². The third-order valence-corrected chi connectivity index (χ3v) is 6.56. The fourth-order valence-corrected chi connectivity index (χ4v) is 4.62. The molecule has 0 bridgehead atoms. The zero-order valence-corrected chi connectivity index (χ0v) is 15.8. The Morgan fingerprint density at radius 2 is 1.89 bits per heavy atom. The minimum absolute atomic E-state index is 0.164. The minimum atomic E-state index is -3.58. The molecule has 0 saturated carbocycles. The number of pyridine rings is 1. The van der Waals surface area contributed by atoms with Crippen molar-refractivity contribution in [3.8, 4) is 0 Å². The highest BCUT2D eigenvalue weighted by Gasteiger charge is 2.31. The average molecular weight is 397 g/mol. The maximum Gasteiger partial charge on any atom is 0.272 e. The summed E-state index contributed by atoms with van der Waals surface area (Å²) >= 11 is 0. The minimum Gasteiger partial charge on any atom is -0.347 e. The highest BCUT2D eigenvalue weighted by Crippen LogP contribution is 2.25. The van der Waals surface area contributed by atoms with E-state index in [0.717, 1.165) is 11.1 Å². The number of carbonyl (C=O) groups excluding carboxylic acids is 1. The van der Waals surface area contributed by atoms with Crippen molar-refractivity contribution in [2.75, 3.05) is 6.54 Å². The summed E-state index contributed by atoms with van der Waals surface area (Å²) in [7, 11) is -3.58. The van der Waals surface area contributed by atoms with Gasteiger partial charge in [0.25, 0.3) is 5.91 Å². The van der Waals surface area contributed by atoms with Crippen LogP contribution < -0.4 is 5.32 Å². The van der Waals surface area contributed by atoms with Crippen LogP contribution in [0.3, 0.4) is 0 Å². The summed E-state index contributed by atoms with van der Waals surface area (Å²) in [5.74, 6) is -0.284. The van der Waals surface area contributed by atoms with Gasteiger partial charge >= 0.3 is 0 Å². The molecule has 144 valence electrons. The Balaban J connectivity index is 1.48. The number of hydrogen-bond acceptors (Lipinski definition) is 5. The van der Waals surface area contributed by atoms with E-state index in [-0.39, 0.29) is 17.3 Å². The van der Waals surface area contributed by atoms with Crippen LogP contribution in [0.5, 0.6) is 0 Å². The van der Waals surface area contributed by atoms with Crippen LogP contribution in [-0.4, -0.2) is 40.4 Å². The van der Waals surface area contributed by atoms with Crippen molar-refractivity contribution in [1.29, 1.82) is 0 Å². The van der Waals surface area contributed by atoms with Crippen molar-refractivity contribution in [1.82, 2.24) is 24.8 Å². The summed E-state index contributed by atoms with van der Waals surface area (Å²) in [4.78, 5) is 16.7. The molecular weight excluding hydrogens is 378 g/mol. The number of nitrogens with zero attached hydrogens (tertiary/aromatic N) is 3. The first-order chi connectivity index (χ1) is 13.6. The van der Waals surface area contributed by atoms with Gasteiger partial charge in [0.15, 0.2) is 5.69 Å². The predicted octanol–water partition coefficient (Wildman–Crippen LogP) is 1.48. The molecule has 3 aromatic rings. The molecule has 0 fully saturated rings. The molecular formula is C19H19N5O3S. The fourth-order valence-electron chi connectivity index (χ4n) is 3.19. The number of H-pyrrole nitrogens is 1. The van der Waals surface area contributed by atoms with Gasteiger partial charge in [-0.05, 0) is 36.2 Å². The topological polar surface area (TPSA) is 108 Å². The average Bonchev–Trinajstić information content (AvgIpc) is 3.17. The number of nitrogens with one attached hydrogen (secondary N) is 2.